The number of amides is 1. The predicted molar refractivity (Wildman–Crippen MR) is 128 cm³/mol. The number of fused-ring (bicyclic) bond motifs is 1. The number of benzene rings is 2. The molecule has 166 valence electrons. The van der Waals surface area contributed by atoms with Crippen molar-refractivity contribution in [1.82, 2.24) is 15.5 Å². The first kappa shape index (κ1) is 20.9. The highest BCUT2D eigenvalue weighted by Crippen LogP contribution is 2.32. The van der Waals surface area contributed by atoms with Crippen LogP contribution in [0.2, 0.25) is 0 Å². The lowest BCUT2D eigenvalue weighted by molar-refractivity contribution is -0.123. The minimum atomic E-state index is -0.307. The minimum absolute atomic E-state index is 0.00172. The second kappa shape index (κ2) is 9.28. The van der Waals surface area contributed by atoms with Gasteiger partial charge in [-0.1, -0.05) is 59.8 Å². The van der Waals surface area contributed by atoms with Gasteiger partial charge in [0.1, 0.15) is 6.26 Å². The van der Waals surface area contributed by atoms with Crippen LogP contribution in [0.25, 0.3) is 11.1 Å². The van der Waals surface area contributed by atoms with Gasteiger partial charge in [0.05, 0.1) is 29.5 Å². The maximum Gasteiger partial charge on any atom is 0.227 e. The number of hydrogen-bond acceptors (Lipinski definition) is 5. The zero-order valence-corrected chi connectivity index (χ0v) is 18.4. The number of nitrogens with one attached hydrogen (secondary N) is 2. The van der Waals surface area contributed by atoms with Gasteiger partial charge in [-0.25, -0.2) is 0 Å². The molecule has 3 heterocycles. The zero-order chi connectivity index (χ0) is 22.6. The Balaban J connectivity index is 1.38. The monoisotopic (exact) mass is 438 g/mol. The van der Waals surface area contributed by atoms with Crippen LogP contribution >= 0.6 is 0 Å². The fraction of sp³-hybridized carbons (Fsp3) is 0.222. The lowest BCUT2D eigenvalue weighted by Crippen LogP contribution is -2.40. The van der Waals surface area contributed by atoms with E-state index in [1.807, 2.05) is 61.7 Å². The number of pyridine rings is 1. The summed E-state index contributed by atoms with van der Waals surface area (Å²) in [6.07, 6.45) is 5.92. The van der Waals surface area contributed by atoms with Gasteiger partial charge >= 0.3 is 0 Å². The van der Waals surface area contributed by atoms with Gasteiger partial charge in [0.15, 0.2) is 0 Å². The lowest BCUT2D eigenvalue weighted by Gasteiger charge is -2.33. The number of hydrogen-bond donors (Lipinski definition) is 2. The van der Waals surface area contributed by atoms with Gasteiger partial charge in [-0.05, 0) is 42.2 Å². The summed E-state index contributed by atoms with van der Waals surface area (Å²) in [5.41, 5.74) is 6.04. The van der Waals surface area contributed by atoms with E-state index in [1.165, 1.54) is 0 Å². The van der Waals surface area contributed by atoms with Crippen LogP contribution in [0.5, 0.6) is 0 Å². The van der Waals surface area contributed by atoms with Gasteiger partial charge in [0.25, 0.3) is 0 Å². The fourth-order valence-electron chi connectivity index (χ4n) is 4.46. The van der Waals surface area contributed by atoms with E-state index >= 15 is 0 Å². The van der Waals surface area contributed by atoms with E-state index < -0.39 is 0 Å². The van der Waals surface area contributed by atoms with Crippen LogP contribution in [0.15, 0.2) is 89.9 Å². The molecule has 0 spiro atoms. The van der Waals surface area contributed by atoms with Crippen LogP contribution in [0.4, 0.5) is 5.69 Å². The number of aromatic nitrogens is 2. The van der Waals surface area contributed by atoms with Gasteiger partial charge in [-0.15, -0.1) is 0 Å². The Morgan fingerprint density at radius 3 is 2.73 bits per heavy atom. The largest absolute Gasteiger partial charge is 0.383 e. The third-order valence-corrected chi connectivity index (χ3v) is 6.37. The Morgan fingerprint density at radius 2 is 1.91 bits per heavy atom. The molecule has 0 aliphatic carbocycles. The second-order valence-electron chi connectivity index (χ2n) is 8.50. The van der Waals surface area contributed by atoms with Crippen LogP contribution in [0.1, 0.15) is 35.7 Å². The normalized spacial score (nSPS) is 16.8. The first-order chi connectivity index (χ1) is 16.2. The van der Waals surface area contributed by atoms with E-state index in [4.69, 9.17) is 4.52 Å². The molecule has 4 aromatic rings. The van der Waals surface area contributed by atoms with Crippen molar-refractivity contribution in [3.05, 3.63) is 102 Å². The quantitative estimate of drug-likeness (QED) is 0.444. The van der Waals surface area contributed by atoms with Crippen LogP contribution in [-0.2, 0) is 11.2 Å². The summed E-state index contributed by atoms with van der Waals surface area (Å²) in [4.78, 5) is 18.0. The standard InChI is InChI=1S/C27H26N4O2/c1-18(20-9-5-10-21(13-20)23-16-30-33-17-23)27(32)31-26(19-7-3-2-4-8-19)22-14-25-24(29-15-22)11-6-12-28-25/h2-13,16-18,22,26,29H,14-15H2,1H3,(H,31,32)/t18-,22+,26+/m0/s1. The van der Waals surface area contributed by atoms with Crippen molar-refractivity contribution in [3.8, 4) is 11.1 Å². The Labute approximate surface area is 193 Å². The van der Waals surface area contributed by atoms with Gasteiger partial charge < -0.3 is 15.2 Å². The van der Waals surface area contributed by atoms with Crippen molar-refractivity contribution >= 4 is 11.6 Å². The van der Waals surface area contributed by atoms with Crippen molar-refractivity contribution in [3.63, 3.8) is 0 Å². The van der Waals surface area contributed by atoms with Crippen molar-refractivity contribution in [2.75, 3.05) is 11.9 Å². The number of rotatable bonds is 6. The Kier molecular flexibility index (Phi) is 5.89. The van der Waals surface area contributed by atoms with Gasteiger partial charge in [0, 0.05) is 24.2 Å². The third kappa shape index (κ3) is 4.51. The third-order valence-electron chi connectivity index (χ3n) is 6.37. The summed E-state index contributed by atoms with van der Waals surface area (Å²) in [5.74, 6) is -0.120. The van der Waals surface area contributed by atoms with Gasteiger partial charge in [-0.2, -0.15) is 0 Å². The van der Waals surface area contributed by atoms with Crippen molar-refractivity contribution in [1.29, 1.82) is 0 Å². The van der Waals surface area contributed by atoms with Crippen LogP contribution in [0.3, 0.4) is 0 Å². The number of carbonyl (C=O) groups is 1. The molecule has 2 aromatic carbocycles. The van der Waals surface area contributed by atoms with Crippen LogP contribution in [-0.4, -0.2) is 22.6 Å². The first-order valence-electron chi connectivity index (χ1n) is 11.2. The summed E-state index contributed by atoms with van der Waals surface area (Å²) in [5, 5.41) is 10.6. The molecule has 0 saturated heterocycles. The topological polar surface area (TPSA) is 80.0 Å². The van der Waals surface area contributed by atoms with Crippen molar-refractivity contribution < 1.29 is 9.32 Å². The summed E-state index contributed by atoms with van der Waals surface area (Å²) < 4.78 is 4.97. The average Bonchev–Trinajstić information content (AvgIpc) is 3.42. The van der Waals surface area contributed by atoms with Gasteiger partial charge in [0.2, 0.25) is 5.91 Å². The Morgan fingerprint density at radius 1 is 1.06 bits per heavy atom. The Bertz CT molecular complexity index is 1220. The zero-order valence-electron chi connectivity index (χ0n) is 18.4. The molecular weight excluding hydrogens is 412 g/mol. The average molecular weight is 439 g/mol. The Hall–Kier alpha value is -3.93. The number of carbonyl (C=O) groups excluding carboxylic acids is 1. The van der Waals surface area contributed by atoms with Crippen LogP contribution < -0.4 is 10.6 Å². The smallest absolute Gasteiger partial charge is 0.227 e. The highest BCUT2D eigenvalue weighted by atomic mass is 16.5. The van der Waals surface area contributed by atoms with E-state index in [2.05, 4.69) is 39.0 Å². The lowest BCUT2D eigenvalue weighted by atomic mass is 9.86. The van der Waals surface area contributed by atoms with Gasteiger partial charge in [-0.3, -0.25) is 9.78 Å². The van der Waals surface area contributed by atoms with Crippen molar-refractivity contribution in [2.24, 2.45) is 5.92 Å². The molecule has 0 unspecified atom stereocenters. The molecule has 33 heavy (non-hydrogen) atoms. The molecular formula is C27H26N4O2. The van der Waals surface area contributed by atoms with E-state index in [9.17, 15) is 4.79 Å². The molecule has 2 N–H and O–H groups in total. The predicted octanol–water partition coefficient (Wildman–Crippen LogP) is 4.98. The molecule has 6 nitrogen and oxygen atoms in total. The second-order valence-corrected chi connectivity index (χ2v) is 8.50. The first-order valence-corrected chi connectivity index (χ1v) is 11.2. The number of nitrogens with zero attached hydrogens (tertiary/aromatic N) is 2. The van der Waals surface area contributed by atoms with E-state index in [1.54, 1.807) is 12.5 Å². The molecule has 1 amide bonds. The molecule has 2 aromatic heterocycles. The molecule has 1 aliphatic heterocycles. The molecule has 0 radical (unpaired) electrons. The summed E-state index contributed by atoms with van der Waals surface area (Å²) in [7, 11) is 0. The fourth-order valence-corrected chi connectivity index (χ4v) is 4.46. The van der Waals surface area contributed by atoms with E-state index in [0.29, 0.717) is 0 Å². The number of anilines is 1. The van der Waals surface area contributed by atoms with E-state index in [0.717, 1.165) is 46.6 Å². The molecule has 6 heteroatoms. The molecule has 0 fully saturated rings. The molecule has 3 atom stereocenters. The van der Waals surface area contributed by atoms with Crippen LogP contribution in [0, 0.1) is 5.92 Å². The highest BCUT2D eigenvalue weighted by Gasteiger charge is 2.30. The molecule has 0 saturated carbocycles. The summed E-state index contributed by atoms with van der Waals surface area (Å²) in [6.45, 7) is 2.72. The SMILES string of the molecule is C[C@H](C(=O)N[C@H](c1ccccc1)[C@H]1CNc2cccnc2C1)c1cccc(-c2cnoc2)c1. The van der Waals surface area contributed by atoms with Crippen molar-refractivity contribution in [2.45, 2.75) is 25.3 Å². The summed E-state index contributed by atoms with van der Waals surface area (Å²) in [6, 6.07) is 22.0. The minimum Gasteiger partial charge on any atom is -0.383 e. The maximum atomic E-state index is 13.4. The summed E-state index contributed by atoms with van der Waals surface area (Å²) >= 11 is 0. The molecule has 1 aliphatic rings. The molecule has 5 rings (SSSR count). The molecule has 0 bridgehead atoms. The highest BCUT2D eigenvalue weighted by molar-refractivity contribution is 5.84. The van der Waals surface area contributed by atoms with E-state index in [-0.39, 0.29) is 23.8 Å². The maximum absolute atomic E-state index is 13.4.